The van der Waals surface area contributed by atoms with E-state index in [4.69, 9.17) is 11.1 Å². The summed E-state index contributed by atoms with van der Waals surface area (Å²) in [5.74, 6) is 0.152. The van der Waals surface area contributed by atoms with Gasteiger partial charge in [-0.1, -0.05) is 18.2 Å². The molecule has 0 saturated carbocycles. The molecule has 14 heavy (non-hydrogen) atoms. The molecule has 0 aromatic heterocycles. The fourth-order valence-electron chi connectivity index (χ4n) is 1.94. The molecule has 74 valence electrons. The molecule has 0 unspecified atom stereocenters. The van der Waals surface area contributed by atoms with E-state index in [1.165, 1.54) is 12.0 Å². The molecule has 1 aromatic carbocycles. The Bertz CT molecular complexity index is 346. The molecule has 1 aliphatic rings. The standard InChI is InChI=1S/C11H15N3/c12-11(13)14-8-4-3-6-9-5-1-2-7-10(9)14/h1-2,5,7H,3-4,6,8H2,(H3,12,13). The van der Waals surface area contributed by atoms with Crippen molar-refractivity contribution in [1.29, 1.82) is 5.41 Å². The van der Waals surface area contributed by atoms with Crippen molar-refractivity contribution < 1.29 is 0 Å². The summed E-state index contributed by atoms with van der Waals surface area (Å²) in [7, 11) is 0. The van der Waals surface area contributed by atoms with Crippen molar-refractivity contribution in [2.75, 3.05) is 11.4 Å². The second-order valence-electron chi connectivity index (χ2n) is 3.62. The van der Waals surface area contributed by atoms with E-state index in [9.17, 15) is 0 Å². The second-order valence-corrected chi connectivity index (χ2v) is 3.62. The SMILES string of the molecule is N=C(N)N1CCCCc2ccccc21. The lowest BCUT2D eigenvalue weighted by molar-refractivity contribution is 0.764. The summed E-state index contributed by atoms with van der Waals surface area (Å²) in [5, 5.41) is 7.52. The van der Waals surface area contributed by atoms with Crippen LogP contribution in [0.1, 0.15) is 18.4 Å². The predicted molar refractivity (Wildman–Crippen MR) is 58.6 cm³/mol. The van der Waals surface area contributed by atoms with Gasteiger partial charge in [0.1, 0.15) is 0 Å². The van der Waals surface area contributed by atoms with Crippen molar-refractivity contribution in [2.45, 2.75) is 19.3 Å². The molecule has 3 N–H and O–H groups in total. The van der Waals surface area contributed by atoms with E-state index < -0.39 is 0 Å². The number of nitrogens with one attached hydrogen (secondary N) is 1. The van der Waals surface area contributed by atoms with Gasteiger partial charge in [-0.05, 0) is 30.9 Å². The molecule has 1 heterocycles. The summed E-state index contributed by atoms with van der Waals surface area (Å²) in [5.41, 5.74) is 7.98. The molecule has 3 heteroatoms. The van der Waals surface area contributed by atoms with E-state index in [0.29, 0.717) is 0 Å². The first-order valence-corrected chi connectivity index (χ1v) is 4.98. The molecule has 0 bridgehead atoms. The first-order chi connectivity index (χ1) is 6.79. The van der Waals surface area contributed by atoms with E-state index in [2.05, 4.69) is 6.07 Å². The van der Waals surface area contributed by atoms with Gasteiger partial charge in [0.05, 0.1) is 0 Å². The van der Waals surface area contributed by atoms with Gasteiger partial charge in [0.25, 0.3) is 0 Å². The number of hydrogen-bond donors (Lipinski definition) is 2. The Kier molecular flexibility index (Phi) is 2.39. The van der Waals surface area contributed by atoms with Gasteiger partial charge in [0.2, 0.25) is 0 Å². The Hall–Kier alpha value is -1.51. The number of rotatable bonds is 0. The van der Waals surface area contributed by atoms with Crippen molar-refractivity contribution in [3.63, 3.8) is 0 Å². The van der Waals surface area contributed by atoms with Crippen LogP contribution in [-0.4, -0.2) is 12.5 Å². The van der Waals surface area contributed by atoms with Crippen LogP contribution in [0, 0.1) is 5.41 Å². The van der Waals surface area contributed by atoms with E-state index in [0.717, 1.165) is 25.1 Å². The summed E-state index contributed by atoms with van der Waals surface area (Å²) in [6, 6.07) is 8.21. The van der Waals surface area contributed by atoms with Crippen molar-refractivity contribution in [3.8, 4) is 0 Å². The van der Waals surface area contributed by atoms with Gasteiger partial charge in [-0.15, -0.1) is 0 Å². The number of nitrogens with zero attached hydrogens (tertiary/aromatic N) is 1. The lowest BCUT2D eigenvalue weighted by Crippen LogP contribution is -2.37. The number of fused-ring (bicyclic) bond motifs is 1. The van der Waals surface area contributed by atoms with Gasteiger partial charge in [-0.2, -0.15) is 0 Å². The van der Waals surface area contributed by atoms with Crippen LogP contribution in [0.5, 0.6) is 0 Å². The third-order valence-electron chi connectivity index (χ3n) is 2.65. The maximum Gasteiger partial charge on any atom is 0.192 e. The molecule has 3 nitrogen and oxygen atoms in total. The van der Waals surface area contributed by atoms with Crippen LogP contribution >= 0.6 is 0 Å². The fourth-order valence-corrected chi connectivity index (χ4v) is 1.94. The summed E-state index contributed by atoms with van der Waals surface area (Å²) >= 11 is 0. The van der Waals surface area contributed by atoms with Gasteiger partial charge in [-0.25, -0.2) is 0 Å². The van der Waals surface area contributed by atoms with Gasteiger partial charge in [0, 0.05) is 12.2 Å². The first-order valence-electron chi connectivity index (χ1n) is 4.98. The zero-order valence-corrected chi connectivity index (χ0v) is 8.16. The van der Waals surface area contributed by atoms with Crippen LogP contribution in [0.25, 0.3) is 0 Å². The average Bonchev–Trinajstić information content (AvgIpc) is 2.39. The highest BCUT2D eigenvalue weighted by Crippen LogP contribution is 2.25. The molecule has 1 aromatic rings. The number of para-hydroxylation sites is 1. The van der Waals surface area contributed by atoms with Crippen molar-refractivity contribution in [3.05, 3.63) is 29.8 Å². The van der Waals surface area contributed by atoms with E-state index >= 15 is 0 Å². The maximum atomic E-state index is 7.52. The van der Waals surface area contributed by atoms with Crippen LogP contribution in [0.2, 0.25) is 0 Å². The highest BCUT2D eigenvalue weighted by atomic mass is 15.2. The Labute approximate surface area is 84.0 Å². The normalized spacial score (nSPS) is 15.9. The van der Waals surface area contributed by atoms with Crippen molar-refractivity contribution in [2.24, 2.45) is 5.73 Å². The fraction of sp³-hybridized carbons (Fsp3) is 0.364. The van der Waals surface area contributed by atoms with E-state index in [1.807, 2.05) is 23.1 Å². The molecule has 0 radical (unpaired) electrons. The predicted octanol–water partition coefficient (Wildman–Crippen LogP) is 1.72. The lowest BCUT2D eigenvalue weighted by Gasteiger charge is -2.22. The molecular formula is C11H15N3. The van der Waals surface area contributed by atoms with Crippen LogP contribution < -0.4 is 10.6 Å². The van der Waals surface area contributed by atoms with E-state index in [1.54, 1.807) is 0 Å². The Morgan fingerprint density at radius 2 is 2.07 bits per heavy atom. The largest absolute Gasteiger partial charge is 0.370 e. The summed E-state index contributed by atoms with van der Waals surface area (Å²) in [6.45, 7) is 0.867. The summed E-state index contributed by atoms with van der Waals surface area (Å²) < 4.78 is 0. The van der Waals surface area contributed by atoms with E-state index in [-0.39, 0.29) is 5.96 Å². The third kappa shape index (κ3) is 1.58. The smallest absolute Gasteiger partial charge is 0.192 e. The van der Waals surface area contributed by atoms with Crippen LogP contribution in [0.4, 0.5) is 5.69 Å². The zero-order valence-electron chi connectivity index (χ0n) is 8.16. The number of aryl methyl sites for hydroxylation is 1. The van der Waals surface area contributed by atoms with Crippen molar-refractivity contribution >= 4 is 11.6 Å². The summed E-state index contributed by atoms with van der Waals surface area (Å²) in [6.07, 6.45) is 3.38. The monoisotopic (exact) mass is 189 g/mol. The second kappa shape index (κ2) is 3.70. The molecule has 0 spiro atoms. The maximum absolute atomic E-state index is 7.52. The van der Waals surface area contributed by atoms with Crippen LogP contribution in [0.3, 0.4) is 0 Å². The number of hydrogen-bond acceptors (Lipinski definition) is 1. The average molecular weight is 189 g/mol. The molecular weight excluding hydrogens is 174 g/mol. The molecule has 2 rings (SSSR count). The van der Waals surface area contributed by atoms with Crippen molar-refractivity contribution in [1.82, 2.24) is 0 Å². The highest BCUT2D eigenvalue weighted by Gasteiger charge is 2.15. The number of nitrogens with two attached hydrogens (primary N) is 1. The molecule has 0 amide bonds. The minimum Gasteiger partial charge on any atom is -0.370 e. The van der Waals surface area contributed by atoms with Gasteiger partial charge >= 0.3 is 0 Å². The van der Waals surface area contributed by atoms with Crippen LogP contribution in [0.15, 0.2) is 24.3 Å². The quantitative estimate of drug-likeness (QED) is 0.482. The molecule has 0 aliphatic carbocycles. The Morgan fingerprint density at radius 1 is 1.29 bits per heavy atom. The minimum absolute atomic E-state index is 0.152. The zero-order chi connectivity index (χ0) is 9.97. The third-order valence-corrected chi connectivity index (χ3v) is 2.65. The van der Waals surface area contributed by atoms with Gasteiger partial charge in [-0.3, -0.25) is 5.41 Å². The van der Waals surface area contributed by atoms with Crippen LogP contribution in [-0.2, 0) is 6.42 Å². The Morgan fingerprint density at radius 3 is 2.86 bits per heavy atom. The molecule has 0 saturated heterocycles. The highest BCUT2D eigenvalue weighted by molar-refractivity contribution is 5.93. The number of guanidine groups is 1. The van der Waals surface area contributed by atoms with Gasteiger partial charge in [0.15, 0.2) is 5.96 Å². The van der Waals surface area contributed by atoms with Gasteiger partial charge < -0.3 is 10.6 Å². The number of benzene rings is 1. The Balaban J connectivity index is 2.42. The topological polar surface area (TPSA) is 53.1 Å². The molecule has 0 fully saturated rings. The lowest BCUT2D eigenvalue weighted by atomic mass is 10.1. The molecule has 1 aliphatic heterocycles. The minimum atomic E-state index is 0.152. The first kappa shape index (κ1) is 9.06. The molecule has 0 atom stereocenters. The summed E-state index contributed by atoms with van der Waals surface area (Å²) in [4.78, 5) is 1.89. The number of anilines is 1.